The summed E-state index contributed by atoms with van der Waals surface area (Å²) < 4.78 is 9.94. The van der Waals surface area contributed by atoms with E-state index in [1.54, 1.807) is 0 Å². The van der Waals surface area contributed by atoms with Gasteiger partial charge in [-0.25, -0.2) is 4.79 Å². The van der Waals surface area contributed by atoms with Gasteiger partial charge < -0.3 is 19.7 Å². The molecule has 0 heterocycles. The molecule has 0 amide bonds. The first-order chi connectivity index (χ1) is 7.58. The molecular formula is C11H12O5. The van der Waals surface area contributed by atoms with Crippen molar-refractivity contribution in [2.75, 3.05) is 14.2 Å². The summed E-state index contributed by atoms with van der Waals surface area (Å²) in [6, 6.07) is 2.86. The minimum Gasteiger partial charge on any atom is -0.504 e. The molecule has 1 rings (SSSR count). The fraction of sp³-hybridized carbons (Fsp3) is 0.182. The van der Waals surface area contributed by atoms with Crippen molar-refractivity contribution >= 4 is 12.0 Å². The van der Waals surface area contributed by atoms with Crippen LogP contribution in [0.1, 0.15) is 5.56 Å². The van der Waals surface area contributed by atoms with E-state index in [-0.39, 0.29) is 11.5 Å². The SMILES string of the molecule is COc1cc(OC)c(C=CC(=O)O)cc1O. The maximum absolute atomic E-state index is 10.4. The van der Waals surface area contributed by atoms with Crippen molar-refractivity contribution in [3.8, 4) is 17.2 Å². The fourth-order valence-electron chi connectivity index (χ4n) is 1.20. The molecule has 1 aromatic carbocycles. The highest BCUT2D eigenvalue weighted by atomic mass is 16.5. The van der Waals surface area contributed by atoms with Crippen LogP contribution in [0.15, 0.2) is 18.2 Å². The lowest BCUT2D eigenvalue weighted by Crippen LogP contribution is -1.92. The largest absolute Gasteiger partial charge is 0.504 e. The molecular weight excluding hydrogens is 212 g/mol. The van der Waals surface area contributed by atoms with E-state index in [1.165, 1.54) is 32.4 Å². The Morgan fingerprint density at radius 2 is 1.88 bits per heavy atom. The van der Waals surface area contributed by atoms with Crippen molar-refractivity contribution in [3.05, 3.63) is 23.8 Å². The van der Waals surface area contributed by atoms with Crippen molar-refractivity contribution < 1.29 is 24.5 Å². The number of benzene rings is 1. The monoisotopic (exact) mass is 224 g/mol. The zero-order valence-electron chi connectivity index (χ0n) is 8.93. The second-order valence-corrected chi connectivity index (χ2v) is 2.94. The molecule has 86 valence electrons. The van der Waals surface area contributed by atoms with Crippen LogP contribution in [-0.4, -0.2) is 30.4 Å². The lowest BCUT2D eigenvalue weighted by molar-refractivity contribution is -0.131. The average molecular weight is 224 g/mol. The van der Waals surface area contributed by atoms with Crippen LogP contribution in [-0.2, 0) is 4.79 Å². The predicted octanol–water partition coefficient (Wildman–Crippen LogP) is 1.51. The summed E-state index contributed by atoms with van der Waals surface area (Å²) >= 11 is 0. The van der Waals surface area contributed by atoms with Crippen molar-refractivity contribution in [2.24, 2.45) is 0 Å². The van der Waals surface area contributed by atoms with Gasteiger partial charge in [-0.15, -0.1) is 0 Å². The van der Waals surface area contributed by atoms with Crippen LogP contribution in [0.3, 0.4) is 0 Å². The summed E-state index contributed by atoms with van der Waals surface area (Å²) in [7, 11) is 2.87. The first-order valence-electron chi connectivity index (χ1n) is 4.44. The van der Waals surface area contributed by atoms with Crippen LogP contribution in [0.4, 0.5) is 0 Å². The standard InChI is InChI=1S/C11H12O5/c1-15-9-6-10(16-2)8(12)5-7(9)3-4-11(13)14/h3-6,12H,1-2H3,(H,13,14). The predicted molar refractivity (Wildman–Crippen MR) is 57.9 cm³/mol. The number of rotatable bonds is 4. The van der Waals surface area contributed by atoms with Gasteiger partial charge in [0, 0.05) is 17.7 Å². The molecule has 2 N–H and O–H groups in total. The van der Waals surface area contributed by atoms with Crippen molar-refractivity contribution in [1.29, 1.82) is 0 Å². The van der Waals surface area contributed by atoms with E-state index in [2.05, 4.69) is 0 Å². The van der Waals surface area contributed by atoms with E-state index >= 15 is 0 Å². The number of aliphatic carboxylic acids is 1. The summed E-state index contributed by atoms with van der Waals surface area (Å²) in [5.74, 6) is -0.456. The maximum Gasteiger partial charge on any atom is 0.328 e. The molecule has 16 heavy (non-hydrogen) atoms. The Hall–Kier alpha value is -2.17. The molecule has 1 aromatic rings. The Labute approximate surface area is 92.5 Å². The normalized spacial score (nSPS) is 10.4. The van der Waals surface area contributed by atoms with Crippen LogP contribution < -0.4 is 9.47 Å². The van der Waals surface area contributed by atoms with E-state index in [0.29, 0.717) is 11.3 Å². The molecule has 0 aliphatic carbocycles. The number of carbonyl (C=O) groups is 1. The smallest absolute Gasteiger partial charge is 0.328 e. The number of hydrogen-bond acceptors (Lipinski definition) is 4. The number of aromatic hydroxyl groups is 1. The van der Waals surface area contributed by atoms with Gasteiger partial charge in [-0.2, -0.15) is 0 Å². The van der Waals surface area contributed by atoms with Crippen molar-refractivity contribution in [1.82, 2.24) is 0 Å². The molecule has 0 saturated heterocycles. The molecule has 0 bridgehead atoms. The van der Waals surface area contributed by atoms with E-state index in [1.807, 2.05) is 0 Å². The summed E-state index contributed by atoms with van der Waals surface area (Å²) in [5.41, 5.74) is 0.461. The average Bonchev–Trinajstić information content (AvgIpc) is 2.26. The zero-order chi connectivity index (χ0) is 12.1. The fourth-order valence-corrected chi connectivity index (χ4v) is 1.20. The molecule has 0 radical (unpaired) electrons. The minimum absolute atomic E-state index is 0.0756. The molecule has 5 heteroatoms. The van der Waals surface area contributed by atoms with Crippen molar-refractivity contribution in [3.63, 3.8) is 0 Å². The Bertz CT molecular complexity index is 423. The lowest BCUT2D eigenvalue weighted by Gasteiger charge is -2.09. The number of phenolic OH excluding ortho intramolecular Hbond substituents is 1. The molecule has 0 aliphatic heterocycles. The highest BCUT2D eigenvalue weighted by Gasteiger charge is 2.08. The van der Waals surface area contributed by atoms with Gasteiger partial charge in [-0.1, -0.05) is 0 Å². The first kappa shape index (κ1) is 11.9. The highest BCUT2D eigenvalue weighted by Crippen LogP contribution is 2.34. The van der Waals surface area contributed by atoms with E-state index in [0.717, 1.165) is 6.08 Å². The number of methoxy groups -OCH3 is 2. The quantitative estimate of drug-likeness (QED) is 0.758. The molecule has 0 aliphatic rings. The van der Waals surface area contributed by atoms with Crippen LogP contribution in [0, 0.1) is 0 Å². The van der Waals surface area contributed by atoms with E-state index < -0.39 is 5.97 Å². The van der Waals surface area contributed by atoms with Gasteiger partial charge in [-0.3, -0.25) is 0 Å². The topological polar surface area (TPSA) is 76.0 Å². The first-order valence-corrected chi connectivity index (χ1v) is 4.44. The Balaban J connectivity index is 3.18. The summed E-state index contributed by atoms with van der Waals surface area (Å²) in [6.45, 7) is 0. The van der Waals surface area contributed by atoms with Gasteiger partial charge in [0.05, 0.1) is 14.2 Å². The van der Waals surface area contributed by atoms with Gasteiger partial charge in [-0.05, 0) is 12.1 Å². The van der Waals surface area contributed by atoms with Gasteiger partial charge in [0.2, 0.25) is 0 Å². The summed E-state index contributed by atoms with van der Waals surface area (Å²) in [6.07, 6.45) is 2.30. The third-order valence-corrected chi connectivity index (χ3v) is 1.94. The number of carboxylic acids is 1. The van der Waals surface area contributed by atoms with Gasteiger partial charge in [0.1, 0.15) is 5.75 Å². The zero-order valence-corrected chi connectivity index (χ0v) is 8.93. The maximum atomic E-state index is 10.4. The third-order valence-electron chi connectivity index (χ3n) is 1.94. The number of ether oxygens (including phenoxy) is 2. The molecule has 0 atom stereocenters. The number of phenols is 1. The number of carboxylic acid groups (broad SMARTS) is 1. The highest BCUT2D eigenvalue weighted by molar-refractivity contribution is 5.86. The molecule has 0 saturated carbocycles. The van der Waals surface area contributed by atoms with Crippen LogP contribution >= 0.6 is 0 Å². The van der Waals surface area contributed by atoms with Crippen LogP contribution in [0.2, 0.25) is 0 Å². The Morgan fingerprint density at radius 1 is 1.25 bits per heavy atom. The van der Waals surface area contributed by atoms with Gasteiger partial charge in [0.15, 0.2) is 11.5 Å². The molecule has 0 aromatic heterocycles. The van der Waals surface area contributed by atoms with Crippen LogP contribution in [0.5, 0.6) is 17.2 Å². The summed E-state index contributed by atoms with van der Waals surface area (Å²) in [5, 5.41) is 18.0. The molecule has 0 unspecified atom stereocenters. The van der Waals surface area contributed by atoms with Crippen molar-refractivity contribution in [2.45, 2.75) is 0 Å². The van der Waals surface area contributed by atoms with Gasteiger partial charge in [0.25, 0.3) is 0 Å². The second-order valence-electron chi connectivity index (χ2n) is 2.94. The molecule has 0 fully saturated rings. The Morgan fingerprint density at radius 3 is 2.38 bits per heavy atom. The summed E-state index contributed by atoms with van der Waals surface area (Å²) in [4.78, 5) is 10.4. The van der Waals surface area contributed by atoms with Gasteiger partial charge >= 0.3 is 5.97 Å². The lowest BCUT2D eigenvalue weighted by atomic mass is 10.1. The molecule has 5 nitrogen and oxygen atoms in total. The van der Waals surface area contributed by atoms with E-state index in [9.17, 15) is 9.90 Å². The van der Waals surface area contributed by atoms with Crippen LogP contribution in [0.25, 0.3) is 6.08 Å². The van der Waals surface area contributed by atoms with E-state index in [4.69, 9.17) is 14.6 Å². The minimum atomic E-state index is -1.07. The second kappa shape index (κ2) is 5.06. The molecule has 0 spiro atoms. The third kappa shape index (κ3) is 2.66. The number of hydrogen-bond donors (Lipinski definition) is 2. The Kier molecular flexibility index (Phi) is 3.77.